The molecule has 7 N–H and O–H groups in total. The van der Waals surface area contributed by atoms with E-state index in [1.165, 1.54) is 102 Å². The highest BCUT2D eigenvalue weighted by Gasteiger charge is 2.48. The zero-order valence-electron chi connectivity index (χ0n) is 39.0. The van der Waals surface area contributed by atoms with E-state index in [0.717, 1.165) is 64.2 Å². The molecule has 1 saturated heterocycles. The molecule has 0 saturated carbocycles. The van der Waals surface area contributed by atoms with Gasteiger partial charge in [0, 0.05) is 0 Å². The maximum atomic E-state index is 13.1. The first-order chi connectivity index (χ1) is 30.4. The largest absolute Gasteiger partial charge is 0.397 e. The lowest BCUT2D eigenvalue weighted by atomic mass is 9.99. The van der Waals surface area contributed by atoms with Crippen molar-refractivity contribution in [3.05, 3.63) is 48.6 Å². The maximum Gasteiger partial charge on any atom is 0.397 e. The zero-order valence-corrected chi connectivity index (χ0v) is 39.8. The third kappa shape index (κ3) is 31.6. The maximum absolute atomic E-state index is 13.1. The normalized spacial score (nSPS) is 21.3. The quantitative estimate of drug-likeness (QED) is 0.0174. The summed E-state index contributed by atoms with van der Waals surface area (Å²) in [5.41, 5.74) is 0. The predicted octanol–water partition coefficient (Wildman–Crippen LogP) is 9.02. The van der Waals surface area contributed by atoms with Crippen LogP contribution in [0.4, 0.5) is 0 Å². The predicted molar refractivity (Wildman–Crippen MR) is 251 cm³/mol. The van der Waals surface area contributed by atoms with Gasteiger partial charge in [-0.1, -0.05) is 178 Å². The number of nitrogens with one attached hydrogen (secondary N) is 1. The standard InChI is InChI=1S/C49H89NO12S/c1-3-5-7-9-11-13-15-17-18-19-20-21-22-23-24-25-26-28-30-32-34-36-38-43(53)48(56)50-41(42(52)37-35-33-31-29-27-16-14-12-10-8-6-4-2)40-60-49-46(55)47(62-63(57,58)59)45(54)44(39-51)61-49/h20-21,23-24,27,29,35,37,41-47,49,51-55H,3-19,22,25-26,28,30-34,36,38-40H2,1-2H3,(H,50,56)(H,57,58,59)/b21-20-,24-23-,29-27+,37-35+. The van der Waals surface area contributed by atoms with Crippen molar-refractivity contribution in [3.63, 3.8) is 0 Å². The minimum absolute atomic E-state index is 0.223. The van der Waals surface area contributed by atoms with E-state index in [9.17, 15) is 43.3 Å². The average molecular weight is 916 g/mol. The van der Waals surface area contributed by atoms with Gasteiger partial charge in [0.05, 0.1) is 25.4 Å². The van der Waals surface area contributed by atoms with Crippen LogP contribution >= 0.6 is 0 Å². The molecule has 1 rings (SSSR count). The molecule has 13 nitrogen and oxygen atoms in total. The highest BCUT2D eigenvalue weighted by Crippen LogP contribution is 2.26. The summed E-state index contributed by atoms with van der Waals surface area (Å²) >= 11 is 0. The van der Waals surface area contributed by atoms with E-state index in [2.05, 4.69) is 59.8 Å². The number of hydrogen-bond acceptors (Lipinski definition) is 11. The van der Waals surface area contributed by atoms with Crippen LogP contribution < -0.4 is 5.32 Å². The number of aliphatic hydroxyl groups excluding tert-OH is 5. The smallest absolute Gasteiger partial charge is 0.394 e. The number of rotatable bonds is 41. The summed E-state index contributed by atoms with van der Waals surface area (Å²) in [6.45, 7) is 3.17. The minimum atomic E-state index is -5.12. The fourth-order valence-corrected chi connectivity index (χ4v) is 8.01. The molecule has 0 radical (unpaired) electrons. The van der Waals surface area contributed by atoms with Gasteiger partial charge in [-0.25, -0.2) is 4.18 Å². The van der Waals surface area contributed by atoms with Crippen molar-refractivity contribution in [1.82, 2.24) is 5.32 Å². The van der Waals surface area contributed by atoms with Crippen LogP contribution in [0, 0.1) is 0 Å². The molecule has 0 aromatic rings. The van der Waals surface area contributed by atoms with Gasteiger partial charge in [-0.3, -0.25) is 9.35 Å². The molecule has 368 valence electrons. The molecular formula is C49H89NO12S. The number of amides is 1. The van der Waals surface area contributed by atoms with Gasteiger partial charge in [0.1, 0.15) is 30.5 Å². The summed E-state index contributed by atoms with van der Waals surface area (Å²) in [4.78, 5) is 13.1. The van der Waals surface area contributed by atoms with Crippen molar-refractivity contribution in [2.45, 2.75) is 243 Å². The third-order valence-corrected chi connectivity index (χ3v) is 11.9. The van der Waals surface area contributed by atoms with Gasteiger partial charge in [-0.2, -0.15) is 8.42 Å². The van der Waals surface area contributed by atoms with Crippen LogP contribution in [0.15, 0.2) is 48.6 Å². The fraction of sp³-hybridized carbons (Fsp3) is 0.816. The number of carbonyl (C=O) groups excluding carboxylic acids is 1. The van der Waals surface area contributed by atoms with Gasteiger partial charge < -0.3 is 40.3 Å². The Morgan fingerprint density at radius 2 is 1.11 bits per heavy atom. The lowest BCUT2D eigenvalue weighted by Crippen LogP contribution is -2.61. The first-order valence-corrected chi connectivity index (χ1v) is 26.0. The SMILES string of the molecule is CCCCCCCC/C=C/CC/C=C/C(O)C(COC1OC(CO)C(O)C(OS(=O)(=O)O)C1O)NC(=O)C(O)CCCCCCCC/C=C\C/C=C\CCCCCCCCCCC. The van der Waals surface area contributed by atoms with E-state index >= 15 is 0 Å². The summed E-state index contributed by atoms with van der Waals surface area (Å²) < 4.78 is 47.5. The van der Waals surface area contributed by atoms with E-state index in [1.54, 1.807) is 6.08 Å². The molecule has 0 aromatic heterocycles. The van der Waals surface area contributed by atoms with Crippen LogP contribution in [0.25, 0.3) is 0 Å². The van der Waals surface area contributed by atoms with Crippen LogP contribution in [0.5, 0.6) is 0 Å². The minimum Gasteiger partial charge on any atom is -0.394 e. The van der Waals surface area contributed by atoms with Crippen LogP contribution in [-0.2, 0) is 28.9 Å². The Kier molecular flexibility index (Phi) is 36.7. The van der Waals surface area contributed by atoms with Crippen molar-refractivity contribution in [3.8, 4) is 0 Å². The molecule has 14 heteroatoms. The molecule has 1 aliphatic heterocycles. The summed E-state index contributed by atoms with van der Waals surface area (Å²) in [6.07, 6.45) is 36.3. The summed E-state index contributed by atoms with van der Waals surface area (Å²) in [5, 5.41) is 55.2. The topological polar surface area (TPSA) is 212 Å². The molecule has 0 spiro atoms. The van der Waals surface area contributed by atoms with Gasteiger partial charge in [-0.15, -0.1) is 0 Å². The number of allylic oxidation sites excluding steroid dienone is 7. The van der Waals surface area contributed by atoms with E-state index in [4.69, 9.17) is 9.47 Å². The van der Waals surface area contributed by atoms with Gasteiger partial charge in [0.25, 0.3) is 0 Å². The monoisotopic (exact) mass is 916 g/mol. The van der Waals surface area contributed by atoms with Crippen LogP contribution in [0.2, 0.25) is 0 Å². The fourth-order valence-electron chi connectivity index (χ4n) is 7.51. The molecule has 0 aromatic carbocycles. The van der Waals surface area contributed by atoms with Crippen molar-refractivity contribution in [2.24, 2.45) is 0 Å². The molecule has 1 fully saturated rings. The Morgan fingerprint density at radius 1 is 0.651 bits per heavy atom. The first-order valence-electron chi connectivity index (χ1n) is 24.6. The van der Waals surface area contributed by atoms with Crippen molar-refractivity contribution in [2.75, 3.05) is 13.2 Å². The lowest BCUT2D eigenvalue weighted by molar-refractivity contribution is -0.298. The van der Waals surface area contributed by atoms with Crippen LogP contribution in [0.3, 0.4) is 0 Å². The van der Waals surface area contributed by atoms with Crippen molar-refractivity contribution >= 4 is 16.3 Å². The summed E-state index contributed by atoms with van der Waals surface area (Å²) in [6, 6.07) is -1.14. The number of hydrogen-bond donors (Lipinski definition) is 7. The summed E-state index contributed by atoms with van der Waals surface area (Å²) in [7, 11) is -5.12. The molecule has 8 atom stereocenters. The second-order valence-corrected chi connectivity index (χ2v) is 18.2. The van der Waals surface area contributed by atoms with Crippen LogP contribution in [-0.4, -0.2) is 107 Å². The average Bonchev–Trinajstić information content (AvgIpc) is 3.25. The van der Waals surface area contributed by atoms with E-state index in [0.29, 0.717) is 12.8 Å². The molecule has 63 heavy (non-hydrogen) atoms. The Morgan fingerprint density at radius 3 is 1.62 bits per heavy atom. The lowest BCUT2D eigenvalue weighted by Gasteiger charge is -2.41. The highest BCUT2D eigenvalue weighted by molar-refractivity contribution is 7.80. The van der Waals surface area contributed by atoms with Crippen molar-refractivity contribution in [1.29, 1.82) is 0 Å². The molecule has 1 heterocycles. The molecule has 8 unspecified atom stereocenters. The van der Waals surface area contributed by atoms with Crippen LogP contribution in [0.1, 0.15) is 194 Å². The molecule has 1 aliphatic rings. The molecule has 0 bridgehead atoms. The van der Waals surface area contributed by atoms with E-state index in [-0.39, 0.29) is 6.42 Å². The second kappa shape index (κ2) is 39.2. The van der Waals surface area contributed by atoms with E-state index in [1.807, 2.05) is 0 Å². The third-order valence-electron chi connectivity index (χ3n) is 11.4. The van der Waals surface area contributed by atoms with Crippen molar-refractivity contribution < 1.29 is 57.0 Å². The van der Waals surface area contributed by atoms with E-state index < -0.39 is 78.5 Å². The summed E-state index contributed by atoms with van der Waals surface area (Å²) in [5.74, 6) is -0.722. The van der Waals surface area contributed by atoms with Gasteiger partial charge in [0.15, 0.2) is 6.29 Å². The second-order valence-electron chi connectivity index (χ2n) is 17.2. The Hall–Kier alpha value is -1.98. The number of carbonyl (C=O) groups is 1. The van der Waals surface area contributed by atoms with Gasteiger partial charge in [-0.05, 0) is 64.2 Å². The molecule has 1 amide bonds. The number of unbranched alkanes of at least 4 members (excludes halogenated alkanes) is 22. The molecular weight excluding hydrogens is 827 g/mol. The highest BCUT2D eigenvalue weighted by atomic mass is 32.3. The Bertz CT molecular complexity index is 1330. The Balaban J connectivity index is 2.51. The zero-order chi connectivity index (χ0) is 46.4. The molecule has 0 aliphatic carbocycles. The Labute approximate surface area is 381 Å². The van der Waals surface area contributed by atoms with Gasteiger partial charge >= 0.3 is 10.4 Å². The first kappa shape index (κ1) is 59.0. The number of ether oxygens (including phenoxy) is 2. The van der Waals surface area contributed by atoms with Gasteiger partial charge in [0.2, 0.25) is 5.91 Å². The number of aliphatic hydroxyl groups is 5.